The van der Waals surface area contributed by atoms with Crippen LogP contribution in [-0.2, 0) is 4.74 Å². The molecule has 2 atom stereocenters. The number of aromatic carboxylic acids is 1. The van der Waals surface area contributed by atoms with Gasteiger partial charge in [-0.15, -0.1) is 11.8 Å². The highest BCUT2D eigenvalue weighted by atomic mass is 35.5. The van der Waals surface area contributed by atoms with Crippen LogP contribution in [0, 0.1) is 10.1 Å². The second-order valence-corrected chi connectivity index (χ2v) is 6.04. The minimum atomic E-state index is -1.23. The number of carboxylic acid groups (broad SMARTS) is 1. The molecule has 0 saturated carbocycles. The van der Waals surface area contributed by atoms with Crippen LogP contribution in [0.4, 0.5) is 5.69 Å². The summed E-state index contributed by atoms with van der Waals surface area (Å²) in [6.45, 7) is 2.52. The Morgan fingerprint density at radius 2 is 2.30 bits per heavy atom. The van der Waals surface area contributed by atoms with Crippen molar-refractivity contribution in [3.05, 3.63) is 32.8 Å². The summed E-state index contributed by atoms with van der Waals surface area (Å²) in [6, 6.07) is 2.22. The Kier molecular flexibility index (Phi) is 4.52. The predicted molar refractivity (Wildman–Crippen MR) is 74.7 cm³/mol. The molecule has 0 amide bonds. The molecule has 0 radical (unpaired) electrons. The van der Waals surface area contributed by atoms with E-state index in [0.29, 0.717) is 11.5 Å². The number of nitro benzene ring substituents is 1. The van der Waals surface area contributed by atoms with Crippen molar-refractivity contribution in [2.75, 3.05) is 6.61 Å². The number of nitro groups is 1. The van der Waals surface area contributed by atoms with Gasteiger partial charge in [0.25, 0.3) is 5.69 Å². The van der Waals surface area contributed by atoms with Crippen molar-refractivity contribution in [2.45, 2.75) is 29.6 Å². The average molecular weight is 318 g/mol. The number of halogens is 1. The summed E-state index contributed by atoms with van der Waals surface area (Å²) in [5, 5.41) is 20.1. The molecule has 0 bridgehead atoms. The first-order valence-electron chi connectivity index (χ1n) is 5.89. The number of ether oxygens (including phenoxy) is 1. The van der Waals surface area contributed by atoms with Gasteiger partial charge in [-0.1, -0.05) is 11.6 Å². The molecule has 0 aliphatic carbocycles. The molecular weight excluding hydrogens is 306 g/mol. The highest BCUT2D eigenvalue weighted by Gasteiger charge is 2.29. The van der Waals surface area contributed by atoms with Crippen LogP contribution < -0.4 is 0 Å². The van der Waals surface area contributed by atoms with E-state index in [4.69, 9.17) is 16.3 Å². The number of non-ortho nitro benzene ring substituents is 1. The molecule has 1 aliphatic rings. The average Bonchev–Trinajstić information content (AvgIpc) is 2.76. The molecule has 8 heteroatoms. The Balaban J connectivity index is 2.40. The maximum atomic E-state index is 11.3. The molecule has 2 unspecified atom stereocenters. The Morgan fingerprint density at radius 1 is 1.60 bits per heavy atom. The largest absolute Gasteiger partial charge is 0.478 e. The smallest absolute Gasteiger partial charge is 0.337 e. The number of nitrogens with zero attached hydrogens (tertiary/aromatic N) is 1. The number of hydrogen-bond donors (Lipinski definition) is 1. The first kappa shape index (κ1) is 15.1. The Hall–Kier alpha value is -1.31. The van der Waals surface area contributed by atoms with Gasteiger partial charge in [-0.05, 0) is 13.3 Å². The summed E-state index contributed by atoms with van der Waals surface area (Å²) in [4.78, 5) is 21.7. The van der Waals surface area contributed by atoms with Crippen LogP contribution in [0.5, 0.6) is 0 Å². The highest BCUT2D eigenvalue weighted by molar-refractivity contribution is 8.00. The maximum Gasteiger partial charge on any atom is 0.337 e. The molecule has 1 fully saturated rings. The van der Waals surface area contributed by atoms with E-state index in [1.54, 1.807) is 0 Å². The van der Waals surface area contributed by atoms with E-state index in [-0.39, 0.29) is 27.6 Å². The zero-order chi connectivity index (χ0) is 14.9. The molecule has 1 aromatic carbocycles. The lowest BCUT2D eigenvalue weighted by Gasteiger charge is -2.16. The van der Waals surface area contributed by atoms with Crippen LogP contribution in [-0.4, -0.2) is 34.0 Å². The van der Waals surface area contributed by atoms with Crippen LogP contribution in [0.1, 0.15) is 23.7 Å². The fraction of sp³-hybridized carbons (Fsp3) is 0.417. The quantitative estimate of drug-likeness (QED) is 0.677. The predicted octanol–water partition coefficient (Wildman–Crippen LogP) is 3.22. The van der Waals surface area contributed by atoms with E-state index in [0.717, 1.165) is 12.5 Å². The Labute approximate surface area is 124 Å². The Morgan fingerprint density at radius 3 is 2.80 bits per heavy atom. The third kappa shape index (κ3) is 3.05. The normalized spacial score (nSPS) is 21.9. The molecule has 6 nitrogen and oxygen atoms in total. The topological polar surface area (TPSA) is 89.7 Å². The molecule has 1 heterocycles. The van der Waals surface area contributed by atoms with Gasteiger partial charge in [0.2, 0.25) is 0 Å². The molecule has 0 spiro atoms. The fourth-order valence-electron chi connectivity index (χ4n) is 1.98. The number of benzene rings is 1. The van der Waals surface area contributed by atoms with Crippen LogP contribution in [0.3, 0.4) is 0 Å². The van der Waals surface area contributed by atoms with Crippen LogP contribution in [0.2, 0.25) is 5.02 Å². The lowest BCUT2D eigenvalue weighted by Crippen LogP contribution is -2.14. The van der Waals surface area contributed by atoms with Crippen LogP contribution >= 0.6 is 23.4 Å². The SMILES string of the molecule is CC1OCCC1Sc1c(Cl)cc([N+](=O)[O-])cc1C(=O)O. The minimum Gasteiger partial charge on any atom is -0.478 e. The summed E-state index contributed by atoms with van der Waals surface area (Å²) in [7, 11) is 0. The third-order valence-corrected chi connectivity index (χ3v) is 5.05. The highest BCUT2D eigenvalue weighted by Crippen LogP contribution is 2.40. The molecule has 1 saturated heterocycles. The number of thioether (sulfide) groups is 1. The van der Waals surface area contributed by atoms with Crippen molar-refractivity contribution in [2.24, 2.45) is 0 Å². The number of hydrogen-bond acceptors (Lipinski definition) is 5. The van der Waals surface area contributed by atoms with E-state index in [2.05, 4.69) is 0 Å². The lowest BCUT2D eigenvalue weighted by atomic mass is 10.2. The Bertz CT molecular complexity index is 565. The summed E-state index contributed by atoms with van der Waals surface area (Å²) in [5.41, 5.74) is -0.472. The van der Waals surface area contributed by atoms with E-state index in [1.807, 2.05) is 6.92 Å². The van der Waals surface area contributed by atoms with Gasteiger partial charge >= 0.3 is 5.97 Å². The fourth-order valence-corrected chi connectivity index (χ4v) is 3.56. The van der Waals surface area contributed by atoms with Crippen molar-refractivity contribution in [3.8, 4) is 0 Å². The molecule has 1 N–H and O–H groups in total. The van der Waals surface area contributed by atoms with Gasteiger partial charge in [0.15, 0.2) is 0 Å². The van der Waals surface area contributed by atoms with E-state index in [1.165, 1.54) is 17.8 Å². The number of carboxylic acids is 1. The maximum absolute atomic E-state index is 11.3. The molecule has 1 aliphatic heterocycles. The first-order valence-corrected chi connectivity index (χ1v) is 7.15. The second-order valence-electron chi connectivity index (χ2n) is 4.39. The van der Waals surface area contributed by atoms with Gasteiger partial charge in [-0.25, -0.2) is 4.79 Å². The lowest BCUT2D eigenvalue weighted by molar-refractivity contribution is -0.384. The number of rotatable bonds is 4. The second kappa shape index (κ2) is 5.99. The van der Waals surface area contributed by atoms with Crippen molar-refractivity contribution in [1.82, 2.24) is 0 Å². The zero-order valence-corrected chi connectivity index (χ0v) is 12.1. The van der Waals surface area contributed by atoms with Gasteiger partial charge in [0.05, 0.1) is 21.6 Å². The molecule has 2 rings (SSSR count). The molecule has 20 heavy (non-hydrogen) atoms. The van der Waals surface area contributed by atoms with Crippen molar-refractivity contribution < 1.29 is 19.6 Å². The van der Waals surface area contributed by atoms with Gasteiger partial charge < -0.3 is 9.84 Å². The monoisotopic (exact) mass is 317 g/mol. The summed E-state index contributed by atoms with van der Waals surface area (Å²) in [5.74, 6) is -1.23. The summed E-state index contributed by atoms with van der Waals surface area (Å²) in [6.07, 6.45) is 0.783. The molecule has 1 aromatic rings. The van der Waals surface area contributed by atoms with Crippen LogP contribution in [0.25, 0.3) is 0 Å². The van der Waals surface area contributed by atoms with Crippen LogP contribution in [0.15, 0.2) is 17.0 Å². The van der Waals surface area contributed by atoms with Gasteiger partial charge in [-0.2, -0.15) is 0 Å². The van der Waals surface area contributed by atoms with E-state index in [9.17, 15) is 20.0 Å². The summed E-state index contributed by atoms with van der Waals surface area (Å²) >= 11 is 7.32. The van der Waals surface area contributed by atoms with E-state index >= 15 is 0 Å². The number of carbonyl (C=O) groups is 1. The standard InChI is InChI=1S/C12H12ClNO5S/c1-6-10(2-3-19-6)20-11-8(12(15)16)4-7(14(17)18)5-9(11)13/h4-6,10H,2-3H2,1H3,(H,15,16). The van der Waals surface area contributed by atoms with Crippen molar-refractivity contribution in [3.63, 3.8) is 0 Å². The van der Waals surface area contributed by atoms with Gasteiger partial charge in [0, 0.05) is 28.9 Å². The molecule has 0 aromatic heterocycles. The van der Waals surface area contributed by atoms with Crippen molar-refractivity contribution in [1.29, 1.82) is 0 Å². The van der Waals surface area contributed by atoms with Gasteiger partial charge in [-0.3, -0.25) is 10.1 Å². The first-order chi connectivity index (χ1) is 9.40. The molecule has 108 valence electrons. The third-order valence-electron chi connectivity index (χ3n) is 3.05. The van der Waals surface area contributed by atoms with Crippen molar-refractivity contribution >= 4 is 35.0 Å². The van der Waals surface area contributed by atoms with E-state index < -0.39 is 10.9 Å². The zero-order valence-electron chi connectivity index (χ0n) is 10.5. The summed E-state index contributed by atoms with van der Waals surface area (Å²) < 4.78 is 5.42. The molecular formula is C12H12ClNO5S. The van der Waals surface area contributed by atoms with Gasteiger partial charge in [0.1, 0.15) is 0 Å². The minimum absolute atomic E-state index is 0.00657.